The van der Waals surface area contributed by atoms with E-state index in [4.69, 9.17) is 23.2 Å². The molecule has 0 aromatic carbocycles. The number of alkyl halides is 2. The number of carbonyl (C=O) groups is 1. The second-order valence-corrected chi connectivity index (χ2v) is 3.65. The van der Waals surface area contributed by atoms with Crippen LogP contribution >= 0.6 is 23.2 Å². The van der Waals surface area contributed by atoms with E-state index in [2.05, 4.69) is 0 Å². The van der Waals surface area contributed by atoms with Gasteiger partial charge >= 0.3 is 0 Å². The van der Waals surface area contributed by atoms with E-state index < -0.39 is 4.84 Å². The SMILES string of the molecule is CN1CCC(C(Cl)Cl)C1=O. The van der Waals surface area contributed by atoms with Crippen molar-refractivity contribution in [2.75, 3.05) is 13.6 Å². The minimum atomic E-state index is -0.544. The summed E-state index contributed by atoms with van der Waals surface area (Å²) in [5.74, 6) is -0.108. The van der Waals surface area contributed by atoms with Crippen molar-refractivity contribution in [3.8, 4) is 0 Å². The molecule has 0 aromatic rings. The number of carbonyl (C=O) groups excluding carboxylic acids is 1. The lowest BCUT2D eigenvalue weighted by Crippen LogP contribution is -2.25. The number of rotatable bonds is 1. The van der Waals surface area contributed by atoms with E-state index in [9.17, 15) is 4.79 Å². The third-order valence-corrected chi connectivity index (χ3v) is 2.38. The predicted molar refractivity (Wildman–Crippen MR) is 41.2 cm³/mol. The minimum Gasteiger partial charge on any atom is -0.345 e. The van der Waals surface area contributed by atoms with Crippen LogP contribution in [-0.2, 0) is 4.79 Å². The number of hydrogen-bond donors (Lipinski definition) is 0. The summed E-state index contributed by atoms with van der Waals surface area (Å²) in [6, 6.07) is 0. The van der Waals surface area contributed by atoms with Crippen molar-refractivity contribution < 1.29 is 4.79 Å². The highest BCUT2D eigenvalue weighted by Gasteiger charge is 2.33. The molecule has 1 amide bonds. The molecule has 1 aliphatic rings. The molecule has 1 fully saturated rings. The predicted octanol–water partition coefficient (Wildman–Crippen LogP) is 1.27. The van der Waals surface area contributed by atoms with Gasteiger partial charge < -0.3 is 4.90 Å². The molecule has 0 radical (unpaired) electrons. The first-order valence-electron chi connectivity index (χ1n) is 3.16. The first kappa shape index (κ1) is 8.15. The average molecular weight is 182 g/mol. The van der Waals surface area contributed by atoms with Crippen LogP contribution in [0.1, 0.15) is 6.42 Å². The van der Waals surface area contributed by atoms with Crippen molar-refractivity contribution in [2.24, 2.45) is 5.92 Å². The normalized spacial score (nSPS) is 26.6. The van der Waals surface area contributed by atoms with E-state index in [1.54, 1.807) is 11.9 Å². The molecule has 1 aliphatic heterocycles. The van der Waals surface area contributed by atoms with Crippen LogP contribution in [0.2, 0.25) is 0 Å². The van der Waals surface area contributed by atoms with Crippen LogP contribution < -0.4 is 0 Å². The van der Waals surface area contributed by atoms with Gasteiger partial charge in [-0.2, -0.15) is 0 Å². The summed E-state index contributed by atoms with van der Waals surface area (Å²) in [7, 11) is 1.76. The molecule has 0 N–H and O–H groups in total. The average Bonchev–Trinajstić information content (AvgIpc) is 2.14. The number of likely N-dealkylation sites (tertiary alicyclic amines) is 1. The fourth-order valence-electron chi connectivity index (χ4n) is 1.08. The smallest absolute Gasteiger partial charge is 0.228 e. The zero-order chi connectivity index (χ0) is 7.72. The fraction of sp³-hybridized carbons (Fsp3) is 0.833. The Bertz CT molecular complexity index is 149. The van der Waals surface area contributed by atoms with Crippen LogP contribution in [0, 0.1) is 5.92 Å². The Hall–Kier alpha value is 0.0500. The van der Waals surface area contributed by atoms with E-state index in [1.807, 2.05) is 0 Å². The van der Waals surface area contributed by atoms with Gasteiger partial charge in [-0.1, -0.05) is 0 Å². The molecule has 10 heavy (non-hydrogen) atoms. The summed E-state index contributed by atoms with van der Waals surface area (Å²) in [6.07, 6.45) is 0.785. The van der Waals surface area contributed by atoms with Crippen molar-refractivity contribution in [3.05, 3.63) is 0 Å². The zero-order valence-corrected chi connectivity index (χ0v) is 7.19. The van der Waals surface area contributed by atoms with E-state index in [-0.39, 0.29) is 11.8 Å². The summed E-state index contributed by atoms with van der Waals surface area (Å²) >= 11 is 11.1. The van der Waals surface area contributed by atoms with Crippen LogP contribution in [-0.4, -0.2) is 29.2 Å². The van der Waals surface area contributed by atoms with Crippen molar-refractivity contribution in [2.45, 2.75) is 11.3 Å². The maximum atomic E-state index is 11.1. The van der Waals surface area contributed by atoms with Crippen molar-refractivity contribution in [1.29, 1.82) is 0 Å². The molecule has 0 spiro atoms. The summed E-state index contributed by atoms with van der Waals surface area (Å²) < 4.78 is 0. The highest BCUT2D eigenvalue weighted by atomic mass is 35.5. The van der Waals surface area contributed by atoms with Gasteiger partial charge in [0.05, 0.1) is 5.92 Å². The van der Waals surface area contributed by atoms with Gasteiger partial charge in [-0.25, -0.2) is 0 Å². The van der Waals surface area contributed by atoms with E-state index >= 15 is 0 Å². The van der Waals surface area contributed by atoms with E-state index in [0.717, 1.165) is 13.0 Å². The standard InChI is InChI=1S/C6H9Cl2NO/c1-9-3-2-4(5(7)8)6(9)10/h4-5H,2-3H2,1H3. The summed E-state index contributed by atoms with van der Waals surface area (Å²) in [4.78, 5) is 12.2. The Morgan fingerprint density at radius 2 is 2.30 bits per heavy atom. The van der Waals surface area contributed by atoms with Crippen LogP contribution in [0.4, 0.5) is 0 Å². The summed E-state index contributed by atoms with van der Waals surface area (Å²) in [5.41, 5.74) is 0. The second-order valence-electron chi connectivity index (χ2n) is 2.49. The van der Waals surface area contributed by atoms with Gasteiger partial charge in [0.1, 0.15) is 4.84 Å². The molecule has 1 atom stereocenters. The van der Waals surface area contributed by atoms with E-state index in [1.165, 1.54) is 0 Å². The summed E-state index contributed by atoms with van der Waals surface area (Å²) in [6.45, 7) is 0.777. The van der Waals surface area contributed by atoms with Crippen molar-refractivity contribution in [3.63, 3.8) is 0 Å². The molecule has 0 aromatic heterocycles. The Morgan fingerprint density at radius 3 is 2.50 bits per heavy atom. The van der Waals surface area contributed by atoms with Gasteiger partial charge in [-0.3, -0.25) is 4.79 Å². The van der Waals surface area contributed by atoms with Gasteiger partial charge in [0.25, 0.3) is 0 Å². The lowest BCUT2D eigenvalue weighted by atomic mass is 10.1. The number of hydrogen-bond acceptors (Lipinski definition) is 1. The maximum Gasteiger partial charge on any atom is 0.228 e. The number of amides is 1. The molecule has 2 nitrogen and oxygen atoms in total. The second kappa shape index (κ2) is 2.97. The monoisotopic (exact) mass is 181 g/mol. The molecule has 0 bridgehead atoms. The van der Waals surface area contributed by atoms with Crippen molar-refractivity contribution in [1.82, 2.24) is 4.90 Å². The first-order valence-corrected chi connectivity index (χ1v) is 4.03. The number of halogens is 2. The maximum absolute atomic E-state index is 11.1. The third kappa shape index (κ3) is 1.38. The number of nitrogens with zero attached hydrogens (tertiary/aromatic N) is 1. The molecule has 0 saturated carbocycles. The lowest BCUT2D eigenvalue weighted by molar-refractivity contribution is -0.129. The molecular weight excluding hydrogens is 173 g/mol. The van der Waals surface area contributed by atoms with Gasteiger partial charge in [-0.15, -0.1) is 23.2 Å². The minimum absolute atomic E-state index is 0.0648. The largest absolute Gasteiger partial charge is 0.345 e. The van der Waals surface area contributed by atoms with Gasteiger partial charge in [-0.05, 0) is 6.42 Å². The highest BCUT2D eigenvalue weighted by molar-refractivity contribution is 6.45. The molecule has 1 heterocycles. The van der Waals surface area contributed by atoms with Crippen LogP contribution in [0.15, 0.2) is 0 Å². The van der Waals surface area contributed by atoms with Gasteiger partial charge in [0.2, 0.25) is 5.91 Å². The molecule has 58 valence electrons. The first-order chi connectivity index (χ1) is 4.63. The van der Waals surface area contributed by atoms with Crippen LogP contribution in [0.25, 0.3) is 0 Å². The zero-order valence-electron chi connectivity index (χ0n) is 5.68. The highest BCUT2D eigenvalue weighted by Crippen LogP contribution is 2.25. The van der Waals surface area contributed by atoms with Crippen LogP contribution in [0.5, 0.6) is 0 Å². The Labute approximate surface area is 70.1 Å². The molecule has 0 aliphatic carbocycles. The van der Waals surface area contributed by atoms with Crippen LogP contribution in [0.3, 0.4) is 0 Å². The molecule has 1 rings (SSSR count). The Morgan fingerprint density at radius 1 is 1.70 bits per heavy atom. The third-order valence-electron chi connectivity index (χ3n) is 1.77. The fourth-order valence-corrected chi connectivity index (χ4v) is 1.55. The molecular formula is C6H9Cl2NO. The van der Waals surface area contributed by atoms with Gasteiger partial charge in [0.15, 0.2) is 0 Å². The Balaban J connectivity index is 2.57. The Kier molecular flexibility index (Phi) is 2.42. The molecule has 1 unspecified atom stereocenters. The quantitative estimate of drug-likeness (QED) is 0.559. The molecule has 4 heteroatoms. The molecule has 1 saturated heterocycles. The summed E-state index contributed by atoms with van der Waals surface area (Å²) in [5, 5.41) is 0. The van der Waals surface area contributed by atoms with Gasteiger partial charge in [0, 0.05) is 13.6 Å². The van der Waals surface area contributed by atoms with Crippen molar-refractivity contribution >= 4 is 29.1 Å². The lowest BCUT2D eigenvalue weighted by Gasteiger charge is -2.09. The topological polar surface area (TPSA) is 20.3 Å². The van der Waals surface area contributed by atoms with E-state index in [0.29, 0.717) is 0 Å².